The standard InChI is InChI=1S/C31H39NO6.C27H33NO5.C21H28FNO4/c1-4-5-27-37-26-15-23-22-11-6-18-14-20(33)12-13-29(18,2)28(22)24(34)16-30(23,3)31(26,38-27)25(35)17-36-21-9-7-19(32)8-10-21;1-15-11-20-19-8-10-27(32,24(31)14-33-18-5-3-16(28)4-6-18)22(19)13-23(30)25(20)26(2)9-7-17(29)12-21(15)26;1-11-7-14-15-4-3-12-8-13(24)5-6-19(12,2)21(15,22)17(25)9-16(14)20(11,27)18(26)10-23/h7-10,12-14,22-24,26-28,34H,4-6,11,15-17,32H2,1-3H3;3-7,9,12,15,19-20,22-23,25,30,32H,8,10-11,13-14,28H2,1-2H3;5-6,8,11,14-17,25,27H,3-4,7,9-10,23H2,1-2H3/t22-,23-,24-,26+,27+,28+,29-,30-,31+;15-,19-,20-,22-,23-,25+,26-,27+;11-,14+,15+,16+,17+,19+,20-,21+/m001/s1. The van der Waals surface area contributed by atoms with Gasteiger partial charge in [-0.05, 0) is 217 Å². The average Bonchev–Trinajstić information content (AvgIpc) is 1.45. The molecule has 11 N–H and O–H groups in total. The number of carbonyl (C=O) groups excluding carboxylic acids is 6. The zero-order valence-corrected chi connectivity index (χ0v) is 57.6. The Bertz CT molecular complexity index is 3730. The van der Waals surface area contributed by atoms with Crippen molar-refractivity contribution in [3.63, 3.8) is 0 Å². The number of rotatable bonds is 12. The summed E-state index contributed by atoms with van der Waals surface area (Å²) in [6.45, 7) is 13.6. The lowest BCUT2D eigenvalue weighted by Gasteiger charge is -2.59. The summed E-state index contributed by atoms with van der Waals surface area (Å²) in [5.74, 6) is -0.789. The van der Waals surface area contributed by atoms with E-state index < -0.39 is 75.5 Å². The third-order valence-electron chi connectivity index (χ3n) is 27.7. The van der Waals surface area contributed by atoms with Gasteiger partial charge < -0.3 is 61.7 Å². The van der Waals surface area contributed by atoms with Crippen LogP contribution in [-0.2, 0) is 38.2 Å². The number of ether oxygens (including phenoxy) is 4. The number of anilines is 2. The highest BCUT2D eigenvalue weighted by Gasteiger charge is 2.77. The fourth-order valence-electron chi connectivity index (χ4n) is 23.1. The van der Waals surface area contributed by atoms with Crippen LogP contribution in [0.3, 0.4) is 0 Å². The number of hydrogen-bond acceptors (Lipinski definition) is 18. The van der Waals surface area contributed by atoms with Gasteiger partial charge in [-0.2, -0.15) is 0 Å². The molecule has 528 valence electrons. The van der Waals surface area contributed by atoms with E-state index in [2.05, 4.69) is 34.6 Å². The molecule has 15 rings (SSSR count). The molecule has 0 spiro atoms. The van der Waals surface area contributed by atoms with Crippen molar-refractivity contribution in [2.24, 2.45) is 98.4 Å². The Morgan fingerprint density at radius 1 is 0.633 bits per heavy atom. The van der Waals surface area contributed by atoms with Crippen molar-refractivity contribution in [2.45, 2.75) is 192 Å². The van der Waals surface area contributed by atoms with Crippen molar-refractivity contribution < 1.29 is 77.6 Å². The zero-order valence-electron chi connectivity index (χ0n) is 57.6. The lowest BCUT2D eigenvalue weighted by molar-refractivity contribution is -0.200. The van der Waals surface area contributed by atoms with Crippen LogP contribution in [0.1, 0.15) is 138 Å². The van der Waals surface area contributed by atoms with Crippen LogP contribution in [-0.4, -0.2) is 133 Å². The molecule has 9 saturated carbocycles. The molecule has 12 aliphatic carbocycles. The van der Waals surface area contributed by atoms with Crippen LogP contribution in [0.4, 0.5) is 15.8 Å². The second kappa shape index (κ2) is 25.3. The van der Waals surface area contributed by atoms with Crippen molar-refractivity contribution in [3.05, 3.63) is 120 Å². The number of fused-ring (bicyclic) bond motifs is 17. The normalized spacial score (nSPS) is 44.8. The van der Waals surface area contributed by atoms with Gasteiger partial charge in [0.2, 0.25) is 11.6 Å². The predicted molar refractivity (Wildman–Crippen MR) is 364 cm³/mol. The van der Waals surface area contributed by atoms with E-state index in [9.17, 15) is 54.3 Å². The minimum atomic E-state index is -1.92. The van der Waals surface area contributed by atoms with Crippen molar-refractivity contribution in [1.82, 2.24) is 0 Å². The Balaban J connectivity index is 0.000000134. The quantitative estimate of drug-likeness (QED) is 0.0919. The maximum absolute atomic E-state index is 16.7. The van der Waals surface area contributed by atoms with E-state index in [0.717, 1.165) is 55.2 Å². The molecular weight excluding hydrogens is 1250 g/mol. The zero-order chi connectivity index (χ0) is 70.2. The molecule has 1 aliphatic heterocycles. The van der Waals surface area contributed by atoms with E-state index in [-0.39, 0.29) is 131 Å². The van der Waals surface area contributed by atoms with E-state index in [1.54, 1.807) is 85.8 Å². The highest BCUT2D eigenvalue weighted by molar-refractivity contribution is 6.02. The van der Waals surface area contributed by atoms with Gasteiger partial charge in [0.1, 0.15) is 35.9 Å². The first-order chi connectivity index (χ1) is 46.4. The summed E-state index contributed by atoms with van der Waals surface area (Å²) < 4.78 is 41.4. The molecule has 25 atom stereocenters. The van der Waals surface area contributed by atoms with Gasteiger partial charge in [0.05, 0.1) is 31.0 Å². The maximum atomic E-state index is 16.7. The second-order valence-electron chi connectivity index (χ2n) is 32.3. The average molecular weight is 1350 g/mol. The summed E-state index contributed by atoms with van der Waals surface area (Å²) in [6, 6.07) is 13.8. The third-order valence-corrected chi connectivity index (χ3v) is 27.7. The molecular formula is C79H100FN3O15. The minimum absolute atomic E-state index is 0.0119. The van der Waals surface area contributed by atoms with E-state index in [4.69, 9.17) is 36.1 Å². The second-order valence-corrected chi connectivity index (χ2v) is 32.3. The molecule has 0 bridgehead atoms. The van der Waals surface area contributed by atoms with Gasteiger partial charge in [0.25, 0.3) is 0 Å². The molecule has 2 aromatic rings. The van der Waals surface area contributed by atoms with Gasteiger partial charge in [-0.1, -0.05) is 82.9 Å². The van der Waals surface area contributed by atoms with Crippen LogP contribution in [0.15, 0.2) is 120 Å². The van der Waals surface area contributed by atoms with Crippen LogP contribution in [0.2, 0.25) is 0 Å². The number of nitrogens with two attached hydrogens (primary N) is 3. The Labute approximate surface area is 573 Å². The summed E-state index contributed by atoms with van der Waals surface area (Å²) >= 11 is 0. The highest BCUT2D eigenvalue weighted by Crippen LogP contribution is 2.71. The number of Topliss-reactive ketones (excluding diaryl/α,β-unsaturated/α-hetero) is 3. The third kappa shape index (κ3) is 10.7. The lowest BCUT2D eigenvalue weighted by atomic mass is 9.46. The Morgan fingerprint density at radius 3 is 1.87 bits per heavy atom. The summed E-state index contributed by atoms with van der Waals surface area (Å²) in [5.41, 5.74) is 12.7. The first kappa shape index (κ1) is 70.2. The lowest BCUT2D eigenvalue weighted by Crippen LogP contribution is -2.66. The topological polar surface area (TPSA) is 319 Å². The number of hydrogen-bond donors (Lipinski definition) is 8. The van der Waals surface area contributed by atoms with Gasteiger partial charge >= 0.3 is 0 Å². The van der Waals surface area contributed by atoms with Crippen molar-refractivity contribution >= 4 is 46.1 Å². The van der Waals surface area contributed by atoms with Crippen LogP contribution in [0.25, 0.3) is 0 Å². The molecule has 1 saturated heterocycles. The Kier molecular flexibility index (Phi) is 18.1. The first-order valence-corrected chi connectivity index (χ1v) is 36.0. The van der Waals surface area contributed by atoms with E-state index in [0.29, 0.717) is 67.8 Å². The number of aliphatic hydroxyl groups is 5. The number of nitrogen functional groups attached to an aromatic ring is 2. The SMILES string of the molecule is CCC[C@@H]1O[C@@H]2C[C@H]3[C@@H]4CCC5=CC(=O)C=C[C@]5(C)[C@H]4[C@@H](O)C[C@]3(C)[C@]2(C(=O)COc2ccc(N)cc2)O1.C[C@@H]1C[C@@H]2[C@H](C[C@H](O)[C@@]3(F)[C@H]2CCC2=CC(=O)C=C[C@@]23C)[C@@]1(O)C(=O)CN.C[C@H]1C[C@H]2[C@@H]3CC[C@](O)(C(=O)COc4ccc(N)cc4)[C@H]3C[C@H](O)[C@@H]2[C@@]2(C)C=CC(=O)C=C12. The molecule has 0 unspecified atom stereocenters. The monoisotopic (exact) mass is 1350 g/mol. The molecule has 13 aliphatic rings. The van der Waals surface area contributed by atoms with Crippen molar-refractivity contribution in [1.29, 1.82) is 0 Å². The summed E-state index contributed by atoms with van der Waals surface area (Å²) in [6.07, 6.45) is 20.3. The van der Waals surface area contributed by atoms with Crippen molar-refractivity contribution in [2.75, 3.05) is 31.2 Å². The largest absolute Gasteiger partial charge is 0.486 e. The number of benzene rings is 2. The predicted octanol–water partition coefficient (Wildman–Crippen LogP) is 8.94. The van der Waals surface area contributed by atoms with Crippen LogP contribution in [0.5, 0.6) is 11.5 Å². The summed E-state index contributed by atoms with van der Waals surface area (Å²) in [4.78, 5) is 75.8. The number of carbonyl (C=O) groups is 6. The van der Waals surface area contributed by atoms with Crippen molar-refractivity contribution in [3.8, 4) is 11.5 Å². The Hall–Kier alpha value is -6.29. The van der Waals surface area contributed by atoms with Gasteiger partial charge in [-0.25, -0.2) is 4.39 Å². The molecule has 0 aromatic heterocycles. The van der Waals surface area contributed by atoms with Gasteiger partial charge in [-0.3, -0.25) is 28.8 Å². The molecule has 98 heavy (non-hydrogen) atoms. The van der Waals surface area contributed by atoms with Gasteiger partial charge in [-0.15, -0.1) is 0 Å². The highest BCUT2D eigenvalue weighted by atomic mass is 19.1. The number of halogens is 1. The molecule has 0 amide bonds. The van der Waals surface area contributed by atoms with Crippen LogP contribution < -0.4 is 26.7 Å². The molecule has 18 nitrogen and oxygen atoms in total. The van der Waals surface area contributed by atoms with Crippen LogP contribution >= 0.6 is 0 Å². The number of ketones is 6. The summed E-state index contributed by atoms with van der Waals surface area (Å²) in [5, 5.41) is 56.9. The molecule has 0 radical (unpaired) electrons. The van der Waals surface area contributed by atoms with Gasteiger partial charge in [0, 0.05) is 62.6 Å². The smallest absolute Gasteiger partial charge is 0.205 e. The first-order valence-electron chi connectivity index (χ1n) is 36.0. The van der Waals surface area contributed by atoms with E-state index in [1.807, 2.05) is 19.1 Å². The van der Waals surface area contributed by atoms with E-state index >= 15 is 4.39 Å². The summed E-state index contributed by atoms with van der Waals surface area (Å²) in [7, 11) is 0. The molecule has 10 fully saturated rings. The fraction of sp³-hybridized carbons (Fsp3) is 0.620. The van der Waals surface area contributed by atoms with Gasteiger partial charge in [0.15, 0.2) is 40.7 Å². The fourth-order valence-corrected chi connectivity index (χ4v) is 23.1. The number of allylic oxidation sites excluding steroid dienone is 12. The number of alkyl halides is 1. The molecule has 1 heterocycles. The van der Waals surface area contributed by atoms with E-state index in [1.165, 1.54) is 12.2 Å². The molecule has 2 aromatic carbocycles. The maximum Gasteiger partial charge on any atom is 0.205 e. The minimum Gasteiger partial charge on any atom is -0.486 e. The van der Waals surface area contributed by atoms with Crippen LogP contribution in [0, 0.1) is 92.7 Å². The Morgan fingerprint density at radius 2 is 1.22 bits per heavy atom. The number of aliphatic hydroxyl groups excluding tert-OH is 3. The molecule has 19 heteroatoms.